The molecule has 2 N–H and O–H groups in total. The number of amides is 1. The quantitative estimate of drug-likeness (QED) is 0.578. The van der Waals surface area contributed by atoms with Crippen LogP contribution in [0, 0.1) is 0 Å². The van der Waals surface area contributed by atoms with Crippen LogP contribution in [0.25, 0.3) is 0 Å². The lowest BCUT2D eigenvalue weighted by molar-refractivity contribution is -0.632. The molecule has 2 heterocycles. The topological polar surface area (TPSA) is 46.1 Å². The van der Waals surface area contributed by atoms with Crippen LogP contribution in [0.5, 0.6) is 0 Å². The number of rotatable bonds is 0. The first-order valence-corrected chi connectivity index (χ1v) is 5.45. The molecule has 0 radical (unpaired) electrons. The standard InChI is InChI=1S/C11H18N2O2/c1-11(2,3)15-10(14)13-6-8-4-12-5-9(8)7-13/h12H,4-7H2,1-3H3/p+1. The number of ether oxygens (including phenoxy) is 1. The molecule has 2 rings (SSSR count). The van der Waals surface area contributed by atoms with Gasteiger partial charge in [-0.1, -0.05) is 0 Å². The van der Waals surface area contributed by atoms with E-state index in [-0.39, 0.29) is 6.09 Å². The van der Waals surface area contributed by atoms with Crippen molar-refractivity contribution in [2.45, 2.75) is 26.4 Å². The van der Waals surface area contributed by atoms with Gasteiger partial charge in [0.15, 0.2) is 0 Å². The van der Waals surface area contributed by atoms with Crippen molar-refractivity contribution in [1.29, 1.82) is 0 Å². The third kappa shape index (κ3) is 2.31. The molecule has 0 bridgehead atoms. The molecule has 15 heavy (non-hydrogen) atoms. The maximum Gasteiger partial charge on any atom is 0.410 e. The predicted molar refractivity (Wildman–Crippen MR) is 56.5 cm³/mol. The number of carbonyl (C=O) groups excluding carboxylic acids is 1. The summed E-state index contributed by atoms with van der Waals surface area (Å²) in [5, 5.41) is 2.27. The molecule has 0 aromatic rings. The third-order valence-corrected chi connectivity index (χ3v) is 2.70. The summed E-state index contributed by atoms with van der Waals surface area (Å²) in [5.41, 5.74) is 2.44. The molecule has 2 aliphatic rings. The summed E-state index contributed by atoms with van der Waals surface area (Å²) < 4.78 is 5.34. The zero-order chi connectivity index (χ0) is 11.1. The number of quaternary nitrogens is 1. The van der Waals surface area contributed by atoms with Crippen molar-refractivity contribution in [2.24, 2.45) is 0 Å². The van der Waals surface area contributed by atoms with Crippen LogP contribution in [-0.2, 0) is 4.74 Å². The highest BCUT2D eigenvalue weighted by molar-refractivity contribution is 5.70. The predicted octanol–water partition coefficient (Wildman–Crippen LogP) is 0.111. The number of nitrogens with zero attached hydrogens (tertiary/aromatic N) is 1. The first-order valence-electron chi connectivity index (χ1n) is 5.45. The van der Waals surface area contributed by atoms with Crippen molar-refractivity contribution in [3.05, 3.63) is 11.1 Å². The molecule has 2 aliphatic heterocycles. The third-order valence-electron chi connectivity index (χ3n) is 2.70. The van der Waals surface area contributed by atoms with E-state index >= 15 is 0 Å². The molecule has 84 valence electrons. The van der Waals surface area contributed by atoms with Crippen molar-refractivity contribution in [3.8, 4) is 0 Å². The number of hydrogen-bond donors (Lipinski definition) is 1. The van der Waals surface area contributed by atoms with Gasteiger partial charge in [0, 0.05) is 11.1 Å². The SMILES string of the molecule is CC(C)(C)OC(=O)N1CC2=C(C[NH2+]C2)C1. The average Bonchev–Trinajstić information content (AvgIpc) is 2.56. The fourth-order valence-corrected chi connectivity index (χ4v) is 2.03. The van der Waals surface area contributed by atoms with Crippen LogP contribution in [0.15, 0.2) is 11.1 Å². The van der Waals surface area contributed by atoms with E-state index < -0.39 is 5.60 Å². The van der Waals surface area contributed by atoms with Crippen molar-refractivity contribution in [2.75, 3.05) is 26.2 Å². The Hall–Kier alpha value is -1.03. The Morgan fingerprint density at radius 3 is 2.27 bits per heavy atom. The largest absolute Gasteiger partial charge is 0.444 e. The van der Waals surface area contributed by atoms with Gasteiger partial charge in [-0.2, -0.15) is 0 Å². The van der Waals surface area contributed by atoms with Gasteiger partial charge in [-0.3, -0.25) is 4.90 Å². The average molecular weight is 211 g/mol. The molecule has 0 aromatic carbocycles. The van der Waals surface area contributed by atoms with Crippen LogP contribution in [0.1, 0.15) is 20.8 Å². The molecule has 0 spiro atoms. The van der Waals surface area contributed by atoms with Gasteiger partial charge in [0.25, 0.3) is 0 Å². The van der Waals surface area contributed by atoms with E-state index in [0.29, 0.717) is 0 Å². The lowest BCUT2D eigenvalue weighted by Crippen LogP contribution is -2.82. The fraction of sp³-hybridized carbons (Fsp3) is 0.727. The summed E-state index contributed by atoms with van der Waals surface area (Å²) in [6, 6.07) is 0. The minimum Gasteiger partial charge on any atom is -0.444 e. The van der Waals surface area contributed by atoms with Gasteiger partial charge in [-0.05, 0) is 20.8 Å². The summed E-state index contributed by atoms with van der Waals surface area (Å²) in [6.45, 7) is 9.33. The van der Waals surface area contributed by atoms with Gasteiger partial charge in [-0.15, -0.1) is 0 Å². The van der Waals surface area contributed by atoms with Crippen LogP contribution in [-0.4, -0.2) is 42.8 Å². The Bertz CT molecular complexity index is 299. The molecule has 0 aliphatic carbocycles. The zero-order valence-corrected chi connectivity index (χ0v) is 9.67. The van der Waals surface area contributed by atoms with Crippen molar-refractivity contribution in [3.63, 3.8) is 0 Å². The number of nitrogens with two attached hydrogens (primary N) is 1. The molecule has 4 nitrogen and oxygen atoms in total. The van der Waals surface area contributed by atoms with E-state index in [1.54, 1.807) is 4.90 Å². The second-order valence-corrected chi connectivity index (χ2v) is 5.24. The van der Waals surface area contributed by atoms with Gasteiger partial charge < -0.3 is 10.1 Å². The van der Waals surface area contributed by atoms with Crippen LogP contribution < -0.4 is 5.32 Å². The second kappa shape index (κ2) is 3.52. The Morgan fingerprint density at radius 1 is 1.27 bits per heavy atom. The minimum atomic E-state index is -0.393. The van der Waals surface area contributed by atoms with E-state index in [1.807, 2.05) is 20.8 Å². The minimum absolute atomic E-state index is 0.183. The second-order valence-electron chi connectivity index (χ2n) is 5.24. The summed E-state index contributed by atoms with van der Waals surface area (Å²) in [7, 11) is 0. The summed E-state index contributed by atoms with van der Waals surface area (Å²) in [4.78, 5) is 13.6. The van der Waals surface area contributed by atoms with E-state index in [9.17, 15) is 4.79 Å². The van der Waals surface area contributed by atoms with E-state index in [4.69, 9.17) is 4.74 Å². The van der Waals surface area contributed by atoms with Gasteiger partial charge >= 0.3 is 6.09 Å². The molecule has 0 fully saturated rings. The van der Waals surface area contributed by atoms with Gasteiger partial charge in [0.1, 0.15) is 5.60 Å². The summed E-state index contributed by atoms with van der Waals surface area (Å²) in [6.07, 6.45) is -0.183. The molecule has 0 unspecified atom stereocenters. The van der Waals surface area contributed by atoms with Crippen LogP contribution >= 0.6 is 0 Å². The highest BCUT2D eigenvalue weighted by atomic mass is 16.6. The van der Waals surface area contributed by atoms with Gasteiger partial charge in [0.05, 0.1) is 26.2 Å². The summed E-state index contributed by atoms with van der Waals surface area (Å²) in [5.74, 6) is 0. The van der Waals surface area contributed by atoms with Crippen LogP contribution in [0.4, 0.5) is 4.79 Å². The molecule has 0 saturated carbocycles. The molecular weight excluding hydrogens is 192 g/mol. The summed E-state index contributed by atoms with van der Waals surface area (Å²) >= 11 is 0. The number of carbonyl (C=O) groups is 1. The first kappa shape index (κ1) is 10.5. The Balaban J connectivity index is 1.90. The van der Waals surface area contributed by atoms with Crippen molar-refractivity contribution in [1.82, 2.24) is 4.90 Å². The molecule has 0 saturated heterocycles. The number of hydrogen-bond acceptors (Lipinski definition) is 2. The van der Waals surface area contributed by atoms with Gasteiger partial charge in [-0.25, -0.2) is 4.79 Å². The Labute approximate surface area is 90.3 Å². The monoisotopic (exact) mass is 211 g/mol. The Morgan fingerprint density at radius 2 is 1.80 bits per heavy atom. The molecule has 4 heteroatoms. The van der Waals surface area contributed by atoms with E-state index in [2.05, 4.69) is 5.32 Å². The zero-order valence-electron chi connectivity index (χ0n) is 9.67. The van der Waals surface area contributed by atoms with Crippen molar-refractivity contribution >= 4 is 6.09 Å². The molecule has 0 aromatic heterocycles. The molecular formula is C11H19N2O2+. The normalized spacial score (nSPS) is 20.9. The smallest absolute Gasteiger partial charge is 0.410 e. The fourth-order valence-electron chi connectivity index (χ4n) is 2.03. The highest BCUT2D eigenvalue weighted by Crippen LogP contribution is 2.20. The van der Waals surface area contributed by atoms with Crippen LogP contribution in [0.2, 0.25) is 0 Å². The highest BCUT2D eigenvalue weighted by Gasteiger charge is 2.32. The van der Waals surface area contributed by atoms with E-state index in [0.717, 1.165) is 26.2 Å². The maximum absolute atomic E-state index is 11.8. The van der Waals surface area contributed by atoms with E-state index in [1.165, 1.54) is 11.1 Å². The first-order chi connectivity index (χ1) is 6.96. The molecule has 1 amide bonds. The Kier molecular flexibility index (Phi) is 2.46. The lowest BCUT2D eigenvalue weighted by Gasteiger charge is -2.24. The maximum atomic E-state index is 11.8. The lowest BCUT2D eigenvalue weighted by atomic mass is 10.2. The van der Waals surface area contributed by atoms with Gasteiger partial charge in [0.2, 0.25) is 0 Å². The molecule has 0 atom stereocenters. The van der Waals surface area contributed by atoms with Crippen LogP contribution in [0.3, 0.4) is 0 Å². The van der Waals surface area contributed by atoms with Crippen molar-refractivity contribution < 1.29 is 14.8 Å².